The summed E-state index contributed by atoms with van der Waals surface area (Å²) >= 11 is 0. The average Bonchev–Trinajstić information content (AvgIpc) is 3.47. The number of hydrogen-bond donors (Lipinski definition) is 0. The molecule has 5 heterocycles. The van der Waals surface area contributed by atoms with E-state index >= 15 is 0 Å². The van der Waals surface area contributed by atoms with Gasteiger partial charge in [0.15, 0.2) is 0 Å². The summed E-state index contributed by atoms with van der Waals surface area (Å²) in [4.78, 5) is 18.5. The van der Waals surface area contributed by atoms with E-state index < -0.39 is 0 Å². The maximum atomic E-state index is 12.1. The summed E-state index contributed by atoms with van der Waals surface area (Å²) < 4.78 is 19.0. The fourth-order valence-corrected chi connectivity index (χ4v) is 4.95. The fraction of sp³-hybridized carbons (Fsp3) is 0.478. The highest BCUT2D eigenvalue weighted by atomic mass is 16.5. The van der Waals surface area contributed by atoms with Gasteiger partial charge in [0.1, 0.15) is 24.2 Å². The summed E-state index contributed by atoms with van der Waals surface area (Å²) in [5.41, 5.74) is 4.17. The number of ether oxygens (including phenoxy) is 3. The Labute approximate surface area is 185 Å². The molecule has 2 aromatic heterocycles. The molecular weight excluding hydrogens is 410 g/mol. The topological polar surface area (TPSA) is 91.6 Å². The molecule has 0 unspecified atom stereocenters. The molecule has 9 nitrogen and oxygen atoms in total. The lowest BCUT2D eigenvalue weighted by Crippen LogP contribution is -2.45. The maximum absolute atomic E-state index is 12.1. The van der Waals surface area contributed by atoms with Crippen LogP contribution in [0.4, 0.5) is 0 Å². The van der Waals surface area contributed by atoms with E-state index in [2.05, 4.69) is 21.4 Å². The number of benzene rings is 1. The predicted molar refractivity (Wildman–Crippen MR) is 114 cm³/mol. The van der Waals surface area contributed by atoms with Crippen LogP contribution in [0.5, 0.6) is 5.75 Å². The monoisotopic (exact) mass is 435 g/mol. The van der Waals surface area contributed by atoms with Crippen LogP contribution in [0.2, 0.25) is 0 Å². The van der Waals surface area contributed by atoms with Crippen LogP contribution >= 0.6 is 0 Å². The van der Waals surface area contributed by atoms with Gasteiger partial charge >= 0.3 is 0 Å². The first-order chi connectivity index (χ1) is 15.7. The molecule has 3 aliphatic heterocycles. The van der Waals surface area contributed by atoms with Crippen molar-refractivity contribution < 1.29 is 19.0 Å². The molecule has 3 atom stereocenters. The third kappa shape index (κ3) is 3.41. The second kappa shape index (κ2) is 7.83. The van der Waals surface area contributed by atoms with Crippen LogP contribution in [0, 0.1) is 0 Å². The highest BCUT2D eigenvalue weighted by Gasteiger charge is 2.39. The number of morpholine rings is 1. The van der Waals surface area contributed by atoms with Crippen LogP contribution in [0.3, 0.4) is 0 Å². The summed E-state index contributed by atoms with van der Waals surface area (Å²) in [5.74, 6) is 0.835. The van der Waals surface area contributed by atoms with Crippen LogP contribution in [0.25, 0.3) is 10.9 Å². The molecule has 3 aliphatic rings. The molecule has 166 valence electrons. The van der Waals surface area contributed by atoms with Crippen LogP contribution < -0.4 is 4.74 Å². The molecule has 0 N–H and O–H groups in total. The second-order valence-electron chi connectivity index (χ2n) is 8.73. The zero-order chi connectivity index (χ0) is 21.7. The van der Waals surface area contributed by atoms with Crippen LogP contribution in [0.15, 0.2) is 30.6 Å². The third-order valence-electron chi connectivity index (χ3n) is 6.67. The Balaban J connectivity index is 1.19. The molecule has 6 rings (SSSR count). The Morgan fingerprint density at radius 3 is 3.06 bits per heavy atom. The first-order valence-corrected chi connectivity index (χ1v) is 11.1. The Morgan fingerprint density at radius 1 is 1.22 bits per heavy atom. The van der Waals surface area contributed by atoms with E-state index in [0.717, 1.165) is 47.4 Å². The van der Waals surface area contributed by atoms with Crippen molar-refractivity contribution in [2.75, 3.05) is 26.4 Å². The van der Waals surface area contributed by atoms with E-state index in [1.54, 1.807) is 0 Å². The van der Waals surface area contributed by atoms with Gasteiger partial charge in [0.05, 0.1) is 43.6 Å². The number of carbonyl (C=O) groups excluding carboxylic acids is 1. The van der Waals surface area contributed by atoms with Crippen molar-refractivity contribution in [1.82, 2.24) is 24.9 Å². The fourth-order valence-electron chi connectivity index (χ4n) is 4.95. The molecule has 0 aliphatic carbocycles. The molecule has 1 aromatic carbocycles. The summed E-state index contributed by atoms with van der Waals surface area (Å²) in [6, 6.07) is 6.25. The van der Waals surface area contributed by atoms with Gasteiger partial charge in [0.25, 0.3) is 0 Å². The SMILES string of the molecule is C[C@@H](Oc1ccc2ncc3c(c2c1)CCOC3)c1cn([C@@H]2C[C@@H]3COCC(=O)N3C2)nn1. The highest BCUT2D eigenvalue weighted by molar-refractivity contribution is 5.84. The first kappa shape index (κ1) is 19.6. The standard InChI is InChI=1S/C23H25N5O4/c1-14(22-10-28(26-25-22)16-6-17-12-31-13-23(29)27(17)9-16)32-18-2-3-21-20(7-18)19-4-5-30-11-15(19)8-24-21/h2-3,7-8,10,14,16-17H,4-6,9,11-13H2,1H3/t14-,16-,17-/m1/s1. The molecule has 2 saturated heterocycles. The summed E-state index contributed by atoms with van der Waals surface area (Å²) in [5, 5.41) is 9.80. The average molecular weight is 435 g/mol. The van der Waals surface area contributed by atoms with Crippen molar-refractivity contribution in [3.63, 3.8) is 0 Å². The van der Waals surface area contributed by atoms with E-state index in [-0.39, 0.29) is 30.7 Å². The number of carbonyl (C=O) groups is 1. The molecule has 0 spiro atoms. The largest absolute Gasteiger partial charge is 0.484 e. The van der Waals surface area contributed by atoms with Crippen molar-refractivity contribution in [3.05, 3.63) is 47.4 Å². The van der Waals surface area contributed by atoms with Gasteiger partial charge in [0, 0.05) is 18.1 Å². The van der Waals surface area contributed by atoms with Gasteiger partial charge < -0.3 is 19.1 Å². The van der Waals surface area contributed by atoms with E-state index in [4.69, 9.17) is 14.2 Å². The number of aromatic nitrogens is 4. The van der Waals surface area contributed by atoms with Crippen molar-refractivity contribution >= 4 is 16.8 Å². The van der Waals surface area contributed by atoms with Gasteiger partial charge in [-0.25, -0.2) is 4.68 Å². The highest BCUT2D eigenvalue weighted by Crippen LogP contribution is 2.32. The van der Waals surface area contributed by atoms with Gasteiger partial charge in [-0.2, -0.15) is 0 Å². The lowest BCUT2D eigenvalue weighted by Gasteiger charge is -2.28. The molecule has 3 aromatic rings. The van der Waals surface area contributed by atoms with Crippen molar-refractivity contribution in [2.24, 2.45) is 0 Å². The number of amides is 1. The zero-order valence-corrected chi connectivity index (χ0v) is 17.9. The molecule has 32 heavy (non-hydrogen) atoms. The molecule has 0 saturated carbocycles. The van der Waals surface area contributed by atoms with Crippen LogP contribution in [-0.4, -0.2) is 63.2 Å². The smallest absolute Gasteiger partial charge is 0.248 e. The van der Waals surface area contributed by atoms with Gasteiger partial charge in [-0.1, -0.05) is 5.21 Å². The van der Waals surface area contributed by atoms with Gasteiger partial charge in [-0.05, 0) is 49.1 Å². The first-order valence-electron chi connectivity index (χ1n) is 11.1. The number of rotatable bonds is 4. The molecule has 0 radical (unpaired) electrons. The number of nitrogens with zero attached hydrogens (tertiary/aromatic N) is 5. The van der Waals surface area contributed by atoms with Crippen molar-refractivity contribution in [2.45, 2.75) is 44.6 Å². The lowest BCUT2D eigenvalue weighted by atomic mass is 10.00. The maximum Gasteiger partial charge on any atom is 0.248 e. The second-order valence-corrected chi connectivity index (χ2v) is 8.73. The zero-order valence-electron chi connectivity index (χ0n) is 17.9. The minimum absolute atomic E-state index is 0.0559. The van der Waals surface area contributed by atoms with Crippen molar-refractivity contribution in [1.29, 1.82) is 0 Å². The molecule has 0 bridgehead atoms. The summed E-state index contributed by atoms with van der Waals surface area (Å²) in [7, 11) is 0. The molecule has 2 fully saturated rings. The predicted octanol–water partition coefficient (Wildman–Crippen LogP) is 2.21. The van der Waals surface area contributed by atoms with E-state index in [1.165, 1.54) is 5.56 Å². The van der Waals surface area contributed by atoms with Gasteiger partial charge in [0.2, 0.25) is 5.91 Å². The summed E-state index contributed by atoms with van der Waals surface area (Å²) in [6.07, 6.45) is 5.30. The van der Waals surface area contributed by atoms with E-state index in [0.29, 0.717) is 19.8 Å². The van der Waals surface area contributed by atoms with E-state index in [9.17, 15) is 4.79 Å². The minimum Gasteiger partial charge on any atom is -0.484 e. The third-order valence-corrected chi connectivity index (χ3v) is 6.67. The number of fused-ring (bicyclic) bond motifs is 4. The Hall–Kier alpha value is -3.04. The number of pyridine rings is 1. The number of hydrogen-bond acceptors (Lipinski definition) is 7. The molecule has 1 amide bonds. The lowest BCUT2D eigenvalue weighted by molar-refractivity contribution is -0.145. The normalized spacial score (nSPS) is 23.8. The minimum atomic E-state index is -0.258. The van der Waals surface area contributed by atoms with E-state index in [1.807, 2.05) is 41.0 Å². The van der Waals surface area contributed by atoms with Gasteiger partial charge in [-0.3, -0.25) is 9.78 Å². The Morgan fingerprint density at radius 2 is 2.16 bits per heavy atom. The molecule has 9 heteroatoms. The summed E-state index contributed by atoms with van der Waals surface area (Å²) in [6.45, 7) is 4.73. The van der Waals surface area contributed by atoms with Crippen LogP contribution in [0.1, 0.15) is 42.3 Å². The van der Waals surface area contributed by atoms with Crippen molar-refractivity contribution in [3.8, 4) is 5.75 Å². The Kier molecular flexibility index (Phi) is 4.80. The quantitative estimate of drug-likeness (QED) is 0.620. The van der Waals surface area contributed by atoms with Crippen LogP contribution in [-0.2, 0) is 27.3 Å². The Bertz CT molecular complexity index is 1180. The van der Waals surface area contributed by atoms with Gasteiger partial charge in [-0.15, -0.1) is 5.10 Å². The molecular formula is C23H25N5O4.